The summed E-state index contributed by atoms with van der Waals surface area (Å²) < 4.78 is 1.03. The molecular formula is C13H13IN4O. The number of amides is 1. The molecule has 5 nitrogen and oxygen atoms in total. The minimum absolute atomic E-state index is 0.0160. The summed E-state index contributed by atoms with van der Waals surface area (Å²) in [5, 5.41) is 6.17. The van der Waals surface area contributed by atoms with Crippen LogP contribution in [0.25, 0.3) is 0 Å². The number of rotatable bonds is 2. The van der Waals surface area contributed by atoms with E-state index in [2.05, 4.69) is 43.2 Å². The molecule has 0 saturated carbocycles. The number of fused-ring (bicyclic) bond motifs is 1. The Kier molecular flexibility index (Phi) is 3.52. The topological polar surface area (TPSA) is 69.8 Å². The Balaban J connectivity index is 1.71. The van der Waals surface area contributed by atoms with Gasteiger partial charge in [-0.2, -0.15) is 0 Å². The van der Waals surface area contributed by atoms with Crippen LogP contribution in [0.4, 0.5) is 5.69 Å². The van der Waals surface area contributed by atoms with Crippen LogP contribution in [-0.2, 0) is 17.8 Å². The highest BCUT2D eigenvalue weighted by molar-refractivity contribution is 14.1. The number of aromatic amines is 1. The molecule has 1 aliphatic rings. The molecule has 6 heteroatoms. The van der Waals surface area contributed by atoms with Crippen LogP contribution in [0, 0.1) is 3.57 Å². The summed E-state index contributed by atoms with van der Waals surface area (Å²) in [6.45, 7) is 0.652. The van der Waals surface area contributed by atoms with Gasteiger partial charge in [-0.15, -0.1) is 0 Å². The first-order chi connectivity index (χ1) is 9.24. The average Bonchev–Trinajstić information content (AvgIpc) is 2.88. The zero-order valence-electron chi connectivity index (χ0n) is 10.1. The number of carbonyl (C=O) groups is 1. The predicted molar refractivity (Wildman–Crippen MR) is 80.7 cm³/mol. The zero-order chi connectivity index (χ0) is 13.2. The van der Waals surface area contributed by atoms with Crippen molar-refractivity contribution in [1.82, 2.24) is 15.3 Å². The van der Waals surface area contributed by atoms with Crippen molar-refractivity contribution >= 4 is 34.2 Å². The van der Waals surface area contributed by atoms with Gasteiger partial charge >= 0.3 is 0 Å². The molecule has 2 heterocycles. The van der Waals surface area contributed by atoms with E-state index in [0.29, 0.717) is 13.0 Å². The molecule has 0 spiro atoms. The van der Waals surface area contributed by atoms with Gasteiger partial charge < -0.3 is 10.3 Å². The summed E-state index contributed by atoms with van der Waals surface area (Å²) in [6.07, 6.45) is 2.29. The molecule has 3 rings (SSSR count). The van der Waals surface area contributed by atoms with Crippen molar-refractivity contribution in [1.29, 1.82) is 0 Å². The first kappa shape index (κ1) is 12.6. The van der Waals surface area contributed by atoms with E-state index in [-0.39, 0.29) is 11.9 Å². The van der Waals surface area contributed by atoms with Gasteiger partial charge in [0.2, 0.25) is 5.91 Å². The number of para-hydroxylation sites is 1. The first-order valence-electron chi connectivity index (χ1n) is 6.04. The van der Waals surface area contributed by atoms with E-state index in [4.69, 9.17) is 0 Å². The second kappa shape index (κ2) is 5.30. The Morgan fingerprint density at radius 1 is 1.42 bits per heavy atom. The van der Waals surface area contributed by atoms with Crippen LogP contribution < -0.4 is 10.6 Å². The normalized spacial score (nSPS) is 17.8. The molecule has 1 aliphatic heterocycles. The van der Waals surface area contributed by atoms with Crippen LogP contribution in [0.2, 0.25) is 0 Å². The van der Waals surface area contributed by atoms with Crippen LogP contribution in [0.15, 0.2) is 30.6 Å². The van der Waals surface area contributed by atoms with Crippen molar-refractivity contribution in [3.8, 4) is 0 Å². The molecule has 1 aromatic carbocycles. The molecule has 0 bridgehead atoms. The number of H-pyrrole nitrogens is 1. The molecule has 1 unspecified atom stereocenters. The Hall–Kier alpha value is -1.41. The highest BCUT2D eigenvalue weighted by Crippen LogP contribution is 2.18. The lowest BCUT2D eigenvalue weighted by atomic mass is 10.0. The largest absolute Gasteiger partial charge is 0.347 e. The number of hydrogen-bond donors (Lipinski definition) is 3. The Morgan fingerprint density at radius 3 is 3.11 bits per heavy atom. The van der Waals surface area contributed by atoms with Gasteiger partial charge in [-0.05, 0) is 34.7 Å². The van der Waals surface area contributed by atoms with Gasteiger partial charge in [-0.3, -0.25) is 10.1 Å². The highest BCUT2D eigenvalue weighted by Gasteiger charge is 2.25. The van der Waals surface area contributed by atoms with Crippen molar-refractivity contribution in [3.63, 3.8) is 0 Å². The van der Waals surface area contributed by atoms with Gasteiger partial charge in [-0.1, -0.05) is 12.1 Å². The molecule has 1 amide bonds. The third-order valence-electron chi connectivity index (χ3n) is 3.18. The molecule has 2 aromatic rings. The van der Waals surface area contributed by atoms with Gasteiger partial charge in [0.15, 0.2) is 0 Å². The second-order valence-electron chi connectivity index (χ2n) is 4.43. The SMILES string of the molecule is O=C(Nc1ccccc1I)C1Cc2nc[nH]c2CN1. The molecule has 0 radical (unpaired) electrons. The number of benzene rings is 1. The number of halogens is 1. The summed E-state index contributed by atoms with van der Waals surface area (Å²) >= 11 is 2.21. The summed E-state index contributed by atoms with van der Waals surface area (Å²) in [6, 6.07) is 7.51. The Labute approximate surface area is 124 Å². The van der Waals surface area contributed by atoms with Crippen molar-refractivity contribution in [2.24, 2.45) is 0 Å². The van der Waals surface area contributed by atoms with E-state index in [1.807, 2.05) is 24.3 Å². The van der Waals surface area contributed by atoms with Crippen LogP contribution in [0.1, 0.15) is 11.4 Å². The zero-order valence-corrected chi connectivity index (χ0v) is 12.3. The van der Waals surface area contributed by atoms with Crippen molar-refractivity contribution in [2.75, 3.05) is 5.32 Å². The van der Waals surface area contributed by atoms with Gasteiger partial charge in [-0.25, -0.2) is 4.98 Å². The summed E-state index contributed by atoms with van der Waals surface area (Å²) in [5.41, 5.74) is 2.89. The number of nitrogens with zero attached hydrogens (tertiary/aromatic N) is 1. The first-order valence-corrected chi connectivity index (χ1v) is 7.12. The number of imidazole rings is 1. The molecule has 3 N–H and O–H groups in total. The van der Waals surface area contributed by atoms with E-state index in [1.54, 1.807) is 6.33 Å². The third kappa shape index (κ3) is 2.64. The average molecular weight is 368 g/mol. The molecule has 0 aliphatic carbocycles. The Morgan fingerprint density at radius 2 is 2.26 bits per heavy atom. The quantitative estimate of drug-likeness (QED) is 0.707. The second-order valence-corrected chi connectivity index (χ2v) is 5.60. The van der Waals surface area contributed by atoms with Crippen molar-refractivity contribution in [3.05, 3.63) is 45.6 Å². The predicted octanol–water partition coefficient (Wildman–Crippen LogP) is 1.67. The lowest BCUT2D eigenvalue weighted by Gasteiger charge is -2.22. The number of hydrogen-bond acceptors (Lipinski definition) is 3. The van der Waals surface area contributed by atoms with Crippen LogP contribution in [-0.4, -0.2) is 21.9 Å². The number of carbonyl (C=O) groups excluding carboxylic acids is 1. The molecule has 0 fully saturated rings. The summed E-state index contributed by atoms with van der Waals surface area (Å²) in [5.74, 6) is -0.0160. The van der Waals surface area contributed by atoms with Crippen LogP contribution in [0.3, 0.4) is 0 Å². The number of anilines is 1. The van der Waals surface area contributed by atoms with E-state index >= 15 is 0 Å². The fraction of sp³-hybridized carbons (Fsp3) is 0.231. The van der Waals surface area contributed by atoms with E-state index in [0.717, 1.165) is 20.6 Å². The maximum Gasteiger partial charge on any atom is 0.241 e. The fourth-order valence-corrected chi connectivity index (χ4v) is 2.66. The molecule has 1 atom stereocenters. The summed E-state index contributed by atoms with van der Waals surface area (Å²) in [7, 11) is 0. The van der Waals surface area contributed by atoms with E-state index in [1.165, 1.54) is 0 Å². The molecular weight excluding hydrogens is 355 g/mol. The van der Waals surface area contributed by atoms with Gasteiger partial charge in [0, 0.05) is 16.5 Å². The van der Waals surface area contributed by atoms with Crippen LogP contribution >= 0.6 is 22.6 Å². The highest BCUT2D eigenvalue weighted by atomic mass is 127. The Bertz CT molecular complexity index is 610. The molecule has 1 aromatic heterocycles. The lowest BCUT2D eigenvalue weighted by molar-refractivity contribution is -0.118. The van der Waals surface area contributed by atoms with Gasteiger partial charge in [0.25, 0.3) is 0 Å². The van der Waals surface area contributed by atoms with Crippen molar-refractivity contribution in [2.45, 2.75) is 19.0 Å². The molecule has 98 valence electrons. The minimum Gasteiger partial charge on any atom is -0.347 e. The number of aromatic nitrogens is 2. The van der Waals surface area contributed by atoms with Crippen molar-refractivity contribution < 1.29 is 4.79 Å². The van der Waals surface area contributed by atoms with Crippen LogP contribution in [0.5, 0.6) is 0 Å². The van der Waals surface area contributed by atoms with E-state index in [9.17, 15) is 4.79 Å². The minimum atomic E-state index is -0.230. The van der Waals surface area contributed by atoms with Gasteiger partial charge in [0.05, 0.1) is 29.4 Å². The number of nitrogens with one attached hydrogen (secondary N) is 3. The molecule has 19 heavy (non-hydrogen) atoms. The summed E-state index contributed by atoms with van der Waals surface area (Å²) in [4.78, 5) is 19.5. The maximum atomic E-state index is 12.2. The standard InChI is InChI=1S/C13H13IN4O/c14-8-3-1-2-4-9(8)18-13(19)11-5-10-12(6-15-11)17-7-16-10/h1-4,7,11,15H,5-6H2,(H,16,17)(H,18,19). The molecule has 0 saturated heterocycles. The lowest BCUT2D eigenvalue weighted by Crippen LogP contribution is -2.44. The third-order valence-corrected chi connectivity index (χ3v) is 4.12. The fourth-order valence-electron chi connectivity index (χ4n) is 2.14. The monoisotopic (exact) mass is 368 g/mol. The maximum absolute atomic E-state index is 12.2. The van der Waals surface area contributed by atoms with E-state index < -0.39 is 0 Å². The smallest absolute Gasteiger partial charge is 0.241 e. The van der Waals surface area contributed by atoms with Gasteiger partial charge in [0.1, 0.15) is 0 Å².